The van der Waals surface area contributed by atoms with Gasteiger partial charge in [-0.1, -0.05) is 11.6 Å². The molecule has 0 saturated heterocycles. The van der Waals surface area contributed by atoms with E-state index >= 15 is 0 Å². The van der Waals surface area contributed by atoms with Gasteiger partial charge in [-0.3, -0.25) is 4.79 Å². The van der Waals surface area contributed by atoms with Crippen molar-refractivity contribution in [2.45, 2.75) is 25.8 Å². The van der Waals surface area contributed by atoms with Crippen molar-refractivity contribution in [3.63, 3.8) is 0 Å². The lowest BCUT2D eigenvalue weighted by Gasteiger charge is -2.17. The number of ether oxygens (including phenoxy) is 2. The molecule has 3 N–H and O–H groups in total. The molecule has 1 atom stereocenters. The van der Waals surface area contributed by atoms with Gasteiger partial charge in [0.05, 0.1) is 13.2 Å². The number of carbonyl (C=O) groups is 1. The SMILES string of the molecule is Cc1c(CC(N)C(=O)O)c(Cl)cc2c1OCCCO2. The van der Waals surface area contributed by atoms with E-state index in [-0.39, 0.29) is 6.42 Å². The monoisotopic (exact) mass is 285 g/mol. The van der Waals surface area contributed by atoms with Crippen LogP contribution in [0.4, 0.5) is 0 Å². The van der Waals surface area contributed by atoms with Gasteiger partial charge in [-0.05, 0) is 18.1 Å². The van der Waals surface area contributed by atoms with Gasteiger partial charge in [0.25, 0.3) is 0 Å². The molecule has 0 radical (unpaired) electrons. The number of rotatable bonds is 3. The van der Waals surface area contributed by atoms with Gasteiger partial charge in [0.15, 0.2) is 11.5 Å². The van der Waals surface area contributed by atoms with Crippen molar-refractivity contribution in [2.24, 2.45) is 5.73 Å². The Morgan fingerprint density at radius 2 is 2.21 bits per heavy atom. The number of hydrogen-bond acceptors (Lipinski definition) is 4. The summed E-state index contributed by atoms with van der Waals surface area (Å²) in [4.78, 5) is 10.8. The first-order valence-corrected chi connectivity index (χ1v) is 6.44. The normalized spacial score (nSPS) is 15.7. The largest absolute Gasteiger partial charge is 0.489 e. The predicted molar refractivity (Wildman–Crippen MR) is 71.1 cm³/mol. The molecule has 1 aliphatic heterocycles. The molecule has 0 amide bonds. The molecule has 1 unspecified atom stereocenters. The zero-order valence-electron chi connectivity index (χ0n) is 10.6. The molecule has 0 fully saturated rings. The third-order valence-electron chi connectivity index (χ3n) is 3.10. The summed E-state index contributed by atoms with van der Waals surface area (Å²) < 4.78 is 11.2. The highest BCUT2D eigenvalue weighted by atomic mass is 35.5. The second-order valence-corrected chi connectivity index (χ2v) is 4.90. The van der Waals surface area contributed by atoms with Crippen LogP contribution in [0.2, 0.25) is 5.02 Å². The van der Waals surface area contributed by atoms with Gasteiger partial charge in [0.2, 0.25) is 0 Å². The molecule has 0 bridgehead atoms. The maximum absolute atomic E-state index is 10.8. The van der Waals surface area contributed by atoms with E-state index in [9.17, 15) is 4.79 Å². The van der Waals surface area contributed by atoms with E-state index in [2.05, 4.69) is 0 Å². The number of benzene rings is 1. The van der Waals surface area contributed by atoms with Crippen LogP contribution in [0.1, 0.15) is 17.5 Å². The van der Waals surface area contributed by atoms with E-state index in [0.717, 1.165) is 12.0 Å². The van der Waals surface area contributed by atoms with E-state index in [1.807, 2.05) is 6.92 Å². The van der Waals surface area contributed by atoms with E-state index in [1.165, 1.54) is 0 Å². The molecular formula is C13H16ClNO4. The van der Waals surface area contributed by atoms with E-state index in [0.29, 0.717) is 35.3 Å². The van der Waals surface area contributed by atoms with Crippen LogP contribution in [0.5, 0.6) is 11.5 Å². The summed E-state index contributed by atoms with van der Waals surface area (Å²) in [6.07, 6.45) is 0.965. The number of hydrogen-bond donors (Lipinski definition) is 2. The summed E-state index contributed by atoms with van der Waals surface area (Å²) in [5.74, 6) is 0.185. The van der Waals surface area contributed by atoms with Crippen molar-refractivity contribution in [2.75, 3.05) is 13.2 Å². The van der Waals surface area contributed by atoms with Crippen LogP contribution in [0.15, 0.2) is 6.07 Å². The third-order valence-corrected chi connectivity index (χ3v) is 3.43. The highest BCUT2D eigenvalue weighted by molar-refractivity contribution is 6.31. The molecule has 2 rings (SSSR count). The van der Waals surface area contributed by atoms with Crippen molar-refractivity contribution in [3.05, 3.63) is 22.2 Å². The first-order valence-electron chi connectivity index (χ1n) is 6.06. The number of nitrogens with two attached hydrogens (primary N) is 1. The Bertz CT molecular complexity index is 504. The number of carboxylic acid groups (broad SMARTS) is 1. The minimum atomic E-state index is -1.05. The molecule has 0 aromatic heterocycles. The summed E-state index contributed by atoms with van der Waals surface area (Å²) in [5.41, 5.74) is 7.05. The average molecular weight is 286 g/mol. The Morgan fingerprint density at radius 1 is 1.53 bits per heavy atom. The molecular weight excluding hydrogens is 270 g/mol. The molecule has 0 saturated carbocycles. The fourth-order valence-corrected chi connectivity index (χ4v) is 2.35. The van der Waals surface area contributed by atoms with Gasteiger partial charge >= 0.3 is 5.97 Å². The van der Waals surface area contributed by atoms with Gasteiger partial charge in [-0.15, -0.1) is 0 Å². The molecule has 1 aromatic carbocycles. The average Bonchev–Trinajstić information content (AvgIpc) is 2.59. The summed E-state index contributed by atoms with van der Waals surface area (Å²) in [5, 5.41) is 9.34. The van der Waals surface area contributed by atoms with Gasteiger partial charge in [0.1, 0.15) is 6.04 Å². The van der Waals surface area contributed by atoms with Crippen LogP contribution < -0.4 is 15.2 Å². The van der Waals surface area contributed by atoms with Gasteiger partial charge in [-0.25, -0.2) is 0 Å². The Balaban J connectivity index is 2.39. The molecule has 0 spiro atoms. The number of halogens is 1. The van der Waals surface area contributed by atoms with Crippen LogP contribution in [-0.2, 0) is 11.2 Å². The lowest BCUT2D eigenvalue weighted by molar-refractivity contribution is -0.138. The van der Waals surface area contributed by atoms with Gasteiger partial charge < -0.3 is 20.3 Å². The molecule has 104 valence electrons. The Hall–Kier alpha value is -1.46. The fraction of sp³-hybridized carbons (Fsp3) is 0.462. The fourth-order valence-electron chi connectivity index (χ4n) is 2.03. The molecule has 1 aromatic rings. The standard InChI is InChI=1S/C13H16ClNO4/c1-7-8(5-10(15)13(16)17)9(14)6-11-12(7)19-4-2-3-18-11/h6,10H,2-5,15H2,1H3,(H,16,17). The minimum absolute atomic E-state index is 0.163. The van der Waals surface area contributed by atoms with Crippen LogP contribution >= 0.6 is 11.6 Å². The molecule has 5 nitrogen and oxygen atoms in total. The molecule has 19 heavy (non-hydrogen) atoms. The lowest BCUT2D eigenvalue weighted by atomic mass is 10.00. The highest BCUT2D eigenvalue weighted by Gasteiger charge is 2.22. The zero-order chi connectivity index (χ0) is 14.0. The molecule has 6 heteroatoms. The second kappa shape index (κ2) is 5.67. The summed E-state index contributed by atoms with van der Waals surface area (Å²) >= 11 is 6.18. The Kier molecular flexibility index (Phi) is 4.17. The Morgan fingerprint density at radius 3 is 2.89 bits per heavy atom. The Labute approximate surface area is 116 Å². The minimum Gasteiger partial charge on any atom is -0.489 e. The van der Waals surface area contributed by atoms with E-state index in [1.54, 1.807) is 6.07 Å². The smallest absolute Gasteiger partial charge is 0.320 e. The zero-order valence-corrected chi connectivity index (χ0v) is 11.4. The maximum Gasteiger partial charge on any atom is 0.320 e. The maximum atomic E-state index is 10.8. The third kappa shape index (κ3) is 2.93. The molecule has 0 aliphatic carbocycles. The van der Waals surface area contributed by atoms with Crippen molar-refractivity contribution in [1.29, 1.82) is 0 Å². The molecule has 1 heterocycles. The van der Waals surface area contributed by atoms with Gasteiger partial charge in [-0.2, -0.15) is 0 Å². The second-order valence-electron chi connectivity index (χ2n) is 4.49. The van der Waals surface area contributed by atoms with Gasteiger partial charge in [0, 0.05) is 23.9 Å². The van der Waals surface area contributed by atoms with Crippen molar-refractivity contribution >= 4 is 17.6 Å². The van der Waals surface area contributed by atoms with Crippen molar-refractivity contribution in [1.82, 2.24) is 0 Å². The van der Waals surface area contributed by atoms with E-state index < -0.39 is 12.0 Å². The first kappa shape index (κ1) is 14.0. The number of fused-ring (bicyclic) bond motifs is 1. The quantitative estimate of drug-likeness (QED) is 0.884. The first-order chi connectivity index (χ1) is 9.00. The topological polar surface area (TPSA) is 81.8 Å². The lowest BCUT2D eigenvalue weighted by Crippen LogP contribution is -2.32. The van der Waals surface area contributed by atoms with E-state index in [4.69, 9.17) is 31.9 Å². The van der Waals surface area contributed by atoms with Crippen molar-refractivity contribution < 1.29 is 19.4 Å². The van der Waals surface area contributed by atoms with Crippen LogP contribution in [0.3, 0.4) is 0 Å². The summed E-state index contributed by atoms with van der Waals surface area (Å²) in [6, 6.07) is 0.681. The van der Waals surface area contributed by atoms with Crippen LogP contribution in [0, 0.1) is 6.92 Å². The van der Waals surface area contributed by atoms with Crippen LogP contribution in [0.25, 0.3) is 0 Å². The van der Waals surface area contributed by atoms with Crippen molar-refractivity contribution in [3.8, 4) is 11.5 Å². The summed E-state index contributed by atoms with van der Waals surface area (Å²) in [6.45, 7) is 2.99. The summed E-state index contributed by atoms with van der Waals surface area (Å²) in [7, 11) is 0. The number of aliphatic carboxylic acids is 1. The number of carboxylic acids is 1. The van der Waals surface area contributed by atoms with Crippen LogP contribution in [-0.4, -0.2) is 30.3 Å². The molecule has 1 aliphatic rings. The highest BCUT2D eigenvalue weighted by Crippen LogP contribution is 2.39. The predicted octanol–water partition coefficient (Wildman–Crippen LogP) is 1.76.